The molecule has 2 N–H and O–H groups in total. The van der Waals surface area contributed by atoms with Gasteiger partial charge in [0.05, 0.1) is 17.3 Å². The van der Waals surface area contributed by atoms with Crippen LogP contribution in [0.15, 0.2) is 30.3 Å². The van der Waals surface area contributed by atoms with Gasteiger partial charge in [-0.05, 0) is 51.0 Å². The predicted molar refractivity (Wildman–Crippen MR) is 96.7 cm³/mol. The van der Waals surface area contributed by atoms with E-state index in [-0.39, 0.29) is 22.9 Å². The summed E-state index contributed by atoms with van der Waals surface area (Å²) in [5.41, 5.74) is 1.77. The minimum atomic E-state index is 0.0165. The maximum atomic E-state index is 10.1. The van der Waals surface area contributed by atoms with Gasteiger partial charge < -0.3 is 15.2 Å². The fourth-order valence-corrected chi connectivity index (χ4v) is 4.39. The molecular formula is C20H22N4O2. The van der Waals surface area contributed by atoms with Crippen LogP contribution in [-0.2, 0) is 0 Å². The van der Waals surface area contributed by atoms with Gasteiger partial charge in [-0.25, -0.2) is 0 Å². The minimum Gasteiger partial charge on any atom is -0.507 e. The van der Waals surface area contributed by atoms with Crippen LogP contribution in [0.5, 0.6) is 11.6 Å². The zero-order valence-electron chi connectivity index (χ0n) is 15.0. The minimum absolute atomic E-state index is 0.0165. The van der Waals surface area contributed by atoms with Gasteiger partial charge in [0.15, 0.2) is 0 Å². The molecule has 1 aromatic heterocycles. The van der Waals surface area contributed by atoms with Crippen LogP contribution in [0.25, 0.3) is 11.3 Å². The molecule has 0 amide bonds. The number of phenols is 1. The Labute approximate surface area is 152 Å². The zero-order chi connectivity index (χ0) is 18.4. The summed E-state index contributed by atoms with van der Waals surface area (Å²) in [5, 5.41) is 31.1. The van der Waals surface area contributed by atoms with Gasteiger partial charge in [-0.15, -0.1) is 10.2 Å². The number of piperidine rings is 1. The van der Waals surface area contributed by atoms with Crippen LogP contribution >= 0.6 is 0 Å². The Kier molecular flexibility index (Phi) is 3.85. The van der Waals surface area contributed by atoms with Gasteiger partial charge in [0.25, 0.3) is 0 Å². The largest absolute Gasteiger partial charge is 0.507 e. The fraction of sp³-hybridized carbons (Fsp3) is 0.450. The van der Waals surface area contributed by atoms with Crippen molar-refractivity contribution in [3.63, 3.8) is 0 Å². The van der Waals surface area contributed by atoms with Gasteiger partial charge in [-0.1, -0.05) is 0 Å². The number of hydrogen-bond donors (Lipinski definition) is 2. The number of ether oxygens (including phenoxy) is 1. The number of aromatic nitrogens is 2. The summed E-state index contributed by atoms with van der Waals surface area (Å²) in [6.45, 7) is 4.52. The zero-order valence-corrected chi connectivity index (χ0v) is 15.0. The van der Waals surface area contributed by atoms with E-state index in [9.17, 15) is 5.11 Å². The smallest absolute Gasteiger partial charge is 0.233 e. The SMILES string of the molecule is C[C@]12CC[C@](C)(C[C@@H](Oc3ccc(-c4ccc(C#N)cc4O)nn3)C1)N2. The Morgan fingerprint density at radius 2 is 1.88 bits per heavy atom. The Hall–Kier alpha value is -2.65. The molecule has 134 valence electrons. The van der Waals surface area contributed by atoms with Crippen LogP contribution in [0.4, 0.5) is 0 Å². The van der Waals surface area contributed by atoms with Crippen molar-refractivity contribution in [1.82, 2.24) is 15.5 Å². The molecule has 3 heterocycles. The van der Waals surface area contributed by atoms with Crippen LogP contribution < -0.4 is 10.1 Å². The second-order valence-corrected chi connectivity index (χ2v) is 7.99. The lowest BCUT2D eigenvalue weighted by Gasteiger charge is -2.41. The summed E-state index contributed by atoms with van der Waals surface area (Å²) in [6.07, 6.45) is 4.39. The Balaban J connectivity index is 1.50. The number of nitrogens with zero attached hydrogens (tertiary/aromatic N) is 3. The van der Waals surface area contributed by atoms with Crippen molar-refractivity contribution in [2.75, 3.05) is 0 Å². The highest BCUT2D eigenvalue weighted by molar-refractivity contribution is 5.67. The summed E-state index contributed by atoms with van der Waals surface area (Å²) in [7, 11) is 0. The van der Waals surface area contributed by atoms with Gasteiger partial charge in [-0.3, -0.25) is 0 Å². The molecule has 1 aromatic carbocycles. The first-order valence-electron chi connectivity index (χ1n) is 8.91. The van der Waals surface area contributed by atoms with Crippen LogP contribution in [0, 0.1) is 11.3 Å². The summed E-state index contributed by atoms with van der Waals surface area (Å²) in [5.74, 6) is 0.517. The van der Waals surface area contributed by atoms with E-state index in [1.807, 2.05) is 6.07 Å². The Morgan fingerprint density at radius 3 is 2.46 bits per heavy atom. The maximum absolute atomic E-state index is 10.1. The monoisotopic (exact) mass is 350 g/mol. The fourth-order valence-electron chi connectivity index (χ4n) is 4.39. The van der Waals surface area contributed by atoms with Gasteiger partial charge in [-0.2, -0.15) is 5.26 Å². The average Bonchev–Trinajstić information content (AvgIpc) is 2.83. The summed E-state index contributed by atoms with van der Waals surface area (Å²) in [6, 6.07) is 10.3. The number of benzene rings is 1. The van der Waals surface area contributed by atoms with Gasteiger partial charge >= 0.3 is 0 Å². The molecule has 0 radical (unpaired) electrons. The van der Waals surface area contributed by atoms with E-state index in [4.69, 9.17) is 10.00 Å². The van der Waals surface area contributed by atoms with Crippen LogP contribution in [-0.4, -0.2) is 32.5 Å². The predicted octanol–water partition coefficient (Wildman–Crippen LogP) is 3.16. The van der Waals surface area contributed by atoms with Crippen molar-refractivity contribution in [3.8, 4) is 29.0 Å². The van der Waals surface area contributed by atoms with E-state index in [1.165, 1.54) is 18.9 Å². The molecule has 0 unspecified atom stereocenters. The van der Waals surface area contributed by atoms with Crippen molar-refractivity contribution in [3.05, 3.63) is 35.9 Å². The molecule has 26 heavy (non-hydrogen) atoms. The molecule has 2 aliphatic rings. The summed E-state index contributed by atoms with van der Waals surface area (Å²) >= 11 is 0. The third-order valence-corrected chi connectivity index (χ3v) is 5.52. The van der Waals surface area contributed by atoms with E-state index in [0.717, 1.165) is 12.8 Å². The molecule has 2 saturated heterocycles. The Morgan fingerprint density at radius 1 is 1.15 bits per heavy atom. The van der Waals surface area contributed by atoms with E-state index in [1.54, 1.807) is 24.3 Å². The second kappa shape index (κ2) is 5.96. The van der Waals surface area contributed by atoms with Gasteiger partial charge in [0.1, 0.15) is 11.9 Å². The molecular weight excluding hydrogens is 328 g/mol. The van der Waals surface area contributed by atoms with Crippen molar-refractivity contribution in [2.45, 2.75) is 56.7 Å². The molecule has 0 aliphatic carbocycles. The highest BCUT2D eigenvalue weighted by Crippen LogP contribution is 2.43. The molecule has 3 atom stereocenters. The van der Waals surface area contributed by atoms with Crippen LogP contribution in [0.1, 0.15) is 45.1 Å². The molecule has 0 saturated carbocycles. The molecule has 2 fully saturated rings. The number of nitriles is 1. The van der Waals surface area contributed by atoms with E-state index < -0.39 is 0 Å². The van der Waals surface area contributed by atoms with Crippen molar-refractivity contribution >= 4 is 0 Å². The number of fused-ring (bicyclic) bond motifs is 2. The molecule has 6 nitrogen and oxygen atoms in total. The lowest BCUT2D eigenvalue weighted by atomic mass is 9.86. The average molecular weight is 350 g/mol. The third-order valence-electron chi connectivity index (χ3n) is 5.52. The van der Waals surface area contributed by atoms with Crippen LogP contribution in [0.3, 0.4) is 0 Å². The lowest BCUT2D eigenvalue weighted by molar-refractivity contribution is 0.0754. The standard InChI is InChI=1S/C20H22N4O2/c1-19-7-8-20(2,24-19)11-14(10-19)26-18-6-5-16(22-23-18)15-4-3-13(12-21)9-17(15)25/h3-6,9,14,24-25H,7-8,10-11H2,1-2H3/t14-,19-,20+. The van der Waals surface area contributed by atoms with E-state index in [2.05, 4.69) is 29.4 Å². The van der Waals surface area contributed by atoms with Crippen molar-refractivity contribution in [1.29, 1.82) is 5.26 Å². The first kappa shape index (κ1) is 16.8. The molecule has 2 aromatic rings. The third kappa shape index (κ3) is 3.11. The number of phenolic OH excluding ortho intramolecular Hbond substituents is 1. The number of nitrogens with one attached hydrogen (secondary N) is 1. The second-order valence-electron chi connectivity index (χ2n) is 7.99. The maximum Gasteiger partial charge on any atom is 0.233 e. The molecule has 0 spiro atoms. The molecule has 4 rings (SSSR count). The van der Waals surface area contributed by atoms with Gasteiger partial charge in [0.2, 0.25) is 5.88 Å². The first-order valence-corrected chi connectivity index (χ1v) is 8.91. The molecule has 2 aliphatic heterocycles. The van der Waals surface area contributed by atoms with Crippen molar-refractivity contribution < 1.29 is 9.84 Å². The summed E-state index contributed by atoms with van der Waals surface area (Å²) < 4.78 is 6.10. The molecule has 2 bridgehead atoms. The topological polar surface area (TPSA) is 91.1 Å². The normalized spacial score (nSPS) is 30.0. The number of hydrogen-bond acceptors (Lipinski definition) is 6. The van der Waals surface area contributed by atoms with Crippen molar-refractivity contribution in [2.24, 2.45) is 0 Å². The van der Waals surface area contributed by atoms with E-state index >= 15 is 0 Å². The molecule has 6 heteroatoms. The van der Waals surface area contributed by atoms with E-state index in [0.29, 0.717) is 22.7 Å². The number of rotatable bonds is 3. The quantitative estimate of drug-likeness (QED) is 0.883. The van der Waals surface area contributed by atoms with Crippen LogP contribution in [0.2, 0.25) is 0 Å². The highest BCUT2D eigenvalue weighted by Gasteiger charge is 2.49. The Bertz CT molecular complexity index is 858. The summed E-state index contributed by atoms with van der Waals surface area (Å²) in [4.78, 5) is 0. The lowest BCUT2D eigenvalue weighted by Crippen LogP contribution is -2.56. The highest BCUT2D eigenvalue weighted by atomic mass is 16.5. The first-order chi connectivity index (χ1) is 12.4. The van der Waals surface area contributed by atoms with Gasteiger partial charge in [0, 0.05) is 35.5 Å². The number of aromatic hydroxyl groups is 1.